The van der Waals surface area contributed by atoms with Crippen LogP contribution in [-0.4, -0.2) is 31.8 Å². The molecule has 1 amide bonds. The molecule has 0 aromatic heterocycles. The van der Waals surface area contributed by atoms with Crippen molar-refractivity contribution in [1.29, 1.82) is 0 Å². The summed E-state index contributed by atoms with van der Waals surface area (Å²) in [4.78, 5) is 21.5. The molecule has 0 radical (unpaired) electrons. The van der Waals surface area contributed by atoms with Crippen LogP contribution in [0.3, 0.4) is 0 Å². The summed E-state index contributed by atoms with van der Waals surface area (Å²) in [5.74, 6) is -0.0480. The fourth-order valence-corrected chi connectivity index (χ4v) is 0.924. The van der Waals surface area contributed by atoms with Crippen LogP contribution < -0.4 is 10.6 Å². The average Bonchev–Trinajstić information content (AvgIpc) is 2.05. The van der Waals surface area contributed by atoms with E-state index in [1.165, 1.54) is 0 Å². The highest BCUT2D eigenvalue weighted by atomic mass is 16.2. The first-order valence-electron chi connectivity index (χ1n) is 4.50. The maximum absolute atomic E-state index is 11.2. The van der Waals surface area contributed by atoms with E-state index in [2.05, 4.69) is 10.6 Å². The molecule has 1 atom stereocenters. The van der Waals surface area contributed by atoms with E-state index in [-0.39, 0.29) is 17.9 Å². The Labute approximate surface area is 79.1 Å². The molecular formula is C9H18N2O2. The van der Waals surface area contributed by atoms with Crippen LogP contribution in [0.5, 0.6) is 0 Å². The molecule has 0 spiro atoms. The number of hydrogen-bond donors (Lipinski definition) is 2. The lowest BCUT2D eigenvalue weighted by atomic mass is 10.1. The molecule has 0 aliphatic carbocycles. The number of likely N-dealkylation sites (N-methyl/N-ethyl adjacent to an activating group) is 1. The van der Waals surface area contributed by atoms with Gasteiger partial charge >= 0.3 is 0 Å². The molecule has 0 saturated carbocycles. The van der Waals surface area contributed by atoms with Crippen molar-refractivity contribution in [2.75, 3.05) is 13.6 Å². The molecule has 2 N–H and O–H groups in total. The summed E-state index contributed by atoms with van der Waals surface area (Å²) in [6.45, 7) is 4.27. The van der Waals surface area contributed by atoms with Crippen LogP contribution in [0.15, 0.2) is 0 Å². The SMILES string of the molecule is CNCC(CC=O)NC(=O)C(C)C. The van der Waals surface area contributed by atoms with Gasteiger partial charge in [0.05, 0.1) is 0 Å². The fourth-order valence-electron chi connectivity index (χ4n) is 0.924. The van der Waals surface area contributed by atoms with E-state index in [9.17, 15) is 9.59 Å². The van der Waals surface area contributed by atoms with Crippen LogP contribution in [0.2, 0.25) is 0 Å². The molecule has 13 heavy (non-hydrogen) atoms. The standard InChI is InChI=1S/C9H18N2O2/c1-7(2)9(13)11-8(4-5-12)6-10-3/h5,7-8,10H,4,6H2,1-3H3,(H,11,13). The van der Waals surface area contributed by atoms with Gasteiger partial charge in [-0.1, -0.05) is 13.8 Å². The second-order valence-electron chi connectivity index (χ2n) is 3.32. The fraction of sp³-hybridized carbons (Fsp3) is 0.778. The van der Waals surface area contributed by atoms with Gasteiger partial charge in [-0.05, 0) is 7.05 Å². The minimum atomic E-state index is -0.0857. The summed E-state index contributed by atoms with van der Waals surface area (Å²) in [6.07, 6.45) is 1.18. The van der Waals surface area contributed by atoms with Crippen LogP contribution in [0.4, 0.5) is 0 Å². The average molecular weight is 186 g/mol. The van der Waals surface area contributed by atoms with E-state index >= 15 is 0 Å². The largest absolute Gasteiger partial charge is 0.351 e. The Morgan fingerprint density at radius 3 is 2.46 bits per heavy atom. The highest BCUT2D eigenvalue weighted by Crippen LogP contribution is 1.94. The van der Waals surface area contributed by atoms with Gasteiger partial charge in [-0.25, -0.2) is 0 Å². The predicted octanol–water partition coefficient (Wildman–Crippen LogP) is -0.0644. The van der Waals surface area contributed by atoms with Gasteiger partial charge in [0.2, 0.25) is 5.91 Å². The van der Waals surface area contributed by atoms with Gasteiger partial charge in [-0.15, -0.1) is 0 Å². The van der Waals surface area contributed by atoms with E-state index < -0.39 is 0 Å². The first-order valence-corrected chi connectivity index (χ1v) is 4.50. The molecule has 4 heteroatoms. The smallest absolute Gasteiger partial charge is 0.222 e. The molecule has 0 aliphatic heterocycles. The molecule has 0 rings (SSSR count). The summed E-state index contributed by atoms with van der Waals surface area (Å²) >= 11 is 0. The third-order valence-electron chi connectivity index (χ3n) is 1.70. The van der Waals surface area contributed by atoms with Crippen LogP contribution in [0.1, 0.15) is 20.3 Å². The highest BCUT2D eigenvalue weighted by molar-refractivity contribution is 5.78. The number of amides is 1. The second kappa shape index (κ2) is 6.60. The maximum atomic E-state index is 11.2. The van der Waals surface area contributed by atoms with Crippen LogP contribution in [0.25, 0.3) is 0 Å². The quantitative estimate of drug-likeness (QED) is 0.571. The summed E-state index contributed by atoms with van der Waals surface area (Å²) in [5.41, 5.74) is 0. The Morgan fingerprint density at radius 1 is 1.46 bits per heavy atom. The van der Waals surface area contributed by atoms with Gasteiger partial charge < -0.3 is 15.4 Å². The number of rotatable bonds is 6. The van der Waals surface area contributed by atoms with Crippen molar-refractivity contribution in [3.8, 4) is 0 Å². The van der Waals surface area contributed by atoms with Crippen molar-refractivity contribution in [1.82, 2.24) is 10.6 Å². The van der Waals surface area contributed by atoms with E-state index in [0.717, 1.165) is 6.29 Å². The van der Waals surface area contributed by atoms with Gasteiger partial charge in [-0.2, -0.15) is 0 Å². The van der Waals surface area contributed by atoms with E-state index in [1.54, 1.807) is 7.05 Å². The lowest BCUT2D eigenvalue weighted by Gasteiger charge is -2.17. The van der Waals surface area contributed by atoms with Crippen molar-refractivity contribution >= 4 is 12.2 Å². The van der Waals surface area contributed by atoms with Gasteiger partial charge in [0, 0.05) is 24.9 Å². The molecule has 0 aromatic carbocycles. The van der Waals surface area contributed by atoms with Crippen molar-refractivity contribution in [2.24, 2.45) is 5.92 Å². The topological polar surface area (TPSA) is 58.2 Å². The zero-order valence-electron chi connectivity index (χ0n) is 8.46. The van der Waals surface area contributed by atoms with Crippen molar-refractivity contribution in [3.05, 3.63) is 0 Å². The van der Waals surface area contributed by atoms with Crippen LogP contribution in [-0.2, 0) is 9.59 Å². The molecule has 0 saturated heterocycles. The zero-order valence-corrected chi connectivity index (χ0v) is 8.46. The number of hydrogen-bond acceptors (Lipinski definition) is 3. The normalized spacial score (nSPS) is 12.6. The molecule has 76 valence electrons. The Balaban J connectivity index is 3.92. The lowest BCUT2D eigenvalue weighted by molar-refractivity contribution is -0.124. The minimum Gasteiger partial charge on any atom is -0.351 e. The van der Waals surface area contributed by atoms with Crippen molar-refractivity contribution in [3.63, 3.8) is 0 Å². The van der Waals surface area contributed by atoms with E-state index in [4.69, 9.17) is 0 Å². The molecule has 1 unspecified atom stereocenters. The molecule has 0 bridgehead atoms. The summed E-state index contributed by atoms with van der Waals surface area (Å²) < 4.78 is 0. The van der Waals surface area contributed by atoms with Crippen LogP contribution in [0, 0.1) is 5.92 Å². The van der Waals surface area contributed by atoms with Gasteiger partial charge in [0.15, 0.2) is 0 Å². The maximum Gasteiger partial charge on any atom is 0.222 e. The third kappa shape index (κ3) is 5.36. The van der Waals surface area contributed by atoms with E-state index in [1.807, 2.05) is 13.8 Å². The van der Waals surface area contributed by atoms with Gasteiger partial charge in [0.1, 0.15) is 6.29 Å². The van der Waals surface area contributed by atoms with Gasteiger partial charge in [0.25, 0.3) is 0 Å². The summed E-state index contributed by atoms with van der Waals surface area (Å²) in [7, 11) is 1.79. The second-order valence-corrected chi connectivity index (χ2v) is 3.32. The molecule has 0 aliphatic rings. The lowest BCUT2D eigenvalue weighted by Crippen LogP contribution is -2.43. The van der Waals surface area contributed by atoms with Crippen LogP contribution >= 0.6 is 0 Å². The van der Waals surface area contributed by atoms with Crippen molar-refractivity contribution < 1.29 is 9.59 Å². The Bertz CT molecular complexity index is 169. The zero-order chi connectivity index (χ0) is 10.3. The minimum absolute atomic E-state index is 0.0119. The third-order valence-corrected chi connectivity index (χ3v) is 1.70. The molecule has 0 fully saturated rings. The summed E-state index contributed by atoms with van der Waals surface area (Å²) in [5, 5.41) is 5.71. The number of nitrogens with one attached hydrogen (secondary N) is 2. The van der Waals surface area contributed by atoms with Crippen molar-refractivity contribution in [2.45, 2.75) is 26.3 Å². The summed E-state index contributed by atoms with van der Waals surface area (Å²) in [6, 6.07) is -0.0857. The number of carbonyl (C=O) groups excluding carboxylic acids is 2. The predicted molar refractivity (Wildman–Crippen MR) is 51.4 cm³/mol. The Kier molecular flexibility index (Phi) is 6.14. The number of aldehydes is 1. The monoisotopic (exact) mass is 186 g/mol. The number of carbonyl (C=O) groups is 2. The first kappa shape index (κ1) is 12.1. The Hall–Kier alpha value is -0.900. The van der Waals surface area contributed by atoms with E-state index in [0.29, 0.717) is 13.0 Å². The first-order chi connectivity index (χ1) is 6.11. The molecule has 0 heterocycles. The molecular weight excluding hydrogens is 168 g/mol. The highest BCUT2D eigenvalue weighted by Gasteiger charge is 2.13. The van der Waals surface area contributed by atoms with Gasteiger partial charge in [-0.3, -0.25) is 4.79 Å². The Morgan fingerprint density at radius 2 is 2.08 bits per heavy atom. The molecule has 4 nitrogen and oxygen atoms in total. The molecule has 0 aromatic rings.